The number of fused-ring (bicyclic) bond motifs is 1. The van der Waals surface area contributed by atoms with Crippen molar-refractivity contribution in [3.8, 4) is 22.9 Å². The maximum atomic E-state index is 13.3. The molecule has 1 fully saturated rings. The number of ether oxygens (including phenoxy) is 1. The zero-order chi connectivity index (χ0) is 27.9. The number of hydrogen-bond acceptors (Lipinski definition) is 6. The number of rotatable bonds is 7. The lowest BCUT2D eigenvalue weighted by Crippen LogP contribution is -2.20. The third-order valence-corrected chi connectivity index (χ3v) is 7.40. The van der Waals surface area contributed by atoms with Gasteiger partial charge in [-0.05, 0) is 74.4 Å². The molecule has 10 heteroatoms. The number of nitrogens with zero attached hydrogens (tertiary/aromatic N) is 5. The quantitative estimate of drug-likeness (QED) is 0.355. The van der Waals surface area contributed by atoms with Crippen LogP contribution in [0.3, 0.4) is 0 Å². The molecule has 1 saturated carbocycles. The molecule has 2 atom stereocenters. The van der Waals surface area contributed by atoms with Crippen LogP contribution in [0.1, 0.15) is 56.0 Å². The van der Waals surface area contributed by atoms with Crippen molar-refractivity contribution in [2.45, 2.75) is 57.8 Å². The molecular formula is C29H29F2N5O3. The summed E-state index contributed by atoms with van der Waals surface area (Å²) in [6.07, 6.45) is 5.62. The number of aliphatic hydroxyl groups is 1. The molecule has 1 aliphatic carbocycles. The van der Waals surface area contributed by atoms with Crippen molar-refractivity contribution in [2.75, 3.05) is 0 Å². The number of halogens is 2. The molecule has 0 radical (unpaired) electrons. The van der Waals surface area contributed by atoms with E-state index in [0.717, 1.165) is 30.4 Å². The molecule has 0 saturated heterocycles. The summed E-state index contributed by atoms with van der Waals surface area (Å²) in [5.74, 6) is 0.491. The van der Waals surface area contributed by atoms with Crippen LogP contribution in [0.4, 0.5) is 8.78 Å². The van der Waals surface area contributed by atoms with E-state index in [0.29, 0.717) is 27.9 Å². The first-order chi connectivity index (χ1) is 18.5. The Morgan fingerprint density at radius 3 is 2.54 bits per heavy atom. The van der Waals surface area contributed by atoms with Gasteiger partial charge in [-0.2, -0.15) is 14.0 Å². The van der Waals surface area contributed by atoms with Gasteiger partial charge in [0.05, 0.1) is 23.5 Å². The van der Waals surface area contributed by atoms with Gasteiger partial charge in [0.2, 0.25) is 0 Å². The fourth-order valence-electron chi connectivity index (χ4n) is 5.29. The molecule has 39 heavy (non-hydrogen) atoms. The van der Waals surface area contributed by atoms with Crippen molar-refractivity contribution in [3.05, 3.63) is 76.1 Å². The second kappa shape index (κ2) is 10.2. The Kier molecular flexibility index (Phi) is 6.95. The first-order valence-electron chi connectivity index (χ1n) is 12.8. The van der Waals surface area contributed by atoms with Gasteiger partial charge in [0.1, 0.15) is 11.4 Å². The monoisotopic (exact) mass is 533 g/mol. The van der Waals surface area contributed by atoms with Crippen LogP contribution in [-0.2, 0) is 19.2 Å². The van der Waals surface area contributed by atoms with Gasteiger partial charge in [0, 0.05) is 36.5 Å². The van der Waals surface area contributed by atoms with Gasteiger partial charge in [-0.15, -0.1) is 0 Å². The molecule has 0 aliphatic heterocycles. The molecule has 1 unspecified atom stereocenters. The van der Waals surface area contributed by atoms with E-state index in [9.17, 15) is 23.9 Å². The smallest absolute Gasteiger partial charge is 0.387 e. The van der Waals surface area contributed by atoms with E-state index in [2.05, 4.69) is 16.0 Å². The molecule has 1 N–H and O–H groups in total. The van der Waals surface area contributed by atoms with E-state index in [-0.39, 0.29) is 29.7 Å². The first kappa shape index (κ1) is 26.5. The number of alkyl halides is 2. The molecule has 8 nitrogen and oxygen atoms in total. The summed E-state index contributed by atoms with van der Waals surface area (Å²) in [7, 11) is 1.63. The number of nitriles is 1. The molecule has 2 heterocycles. The number of hydrogen-bond donors (Lipinski definition) is 1. The summed E-state index contributed by atoms with van der Waals surface area (Å²) in [6, 6.07) is 12.9. The van der Waals surface area contributed by atoms with Crippen LogP contribution in [0.25, 0.3) is 22.0 Å². The van der Waals surface area contributed by atoms with E-state index in [4.69, 9.17) is 4.74 Å². The minimum absolute atomic E-state index is 0.00966. The van der Waals surface area contributed by atoms with Crippen LogP contribution in [0.15, 0.2) is 53.6 Å². The zero-order valence-corrected chi connectivity index (χ0v) is 21.9. The molecule has 0 amide bonds. The second-order valence-electron chi connectivity index (χ2n) is 10.6. The lowest BCUT2D eigenvalue weighted by atomic mass is 9.94. The molecule has 0 spiro atoms. The summed E-state index contributed by atoms with van der Waals surface area (Å²) in [5, 5.41) is 19.9. The molecule has 2 aromatic carbocycles. The summed E-state index contributed by atoms with van der Waals surface area (Å²) in [5.41, 5.74) is 2.17. The van der Waals surface area contributed by atoms with E-state index in [1.54, 1.807) is 62.2 Å². The molecule has 1 aliphatic rings. The lowest BCUT2D eigenvalue weighted by molar-refractivity contribution is -0.0505. The fraction of sp³-hybridized carbons (Fsp3) is 0.379. The predicted molar refractivity (Wildman–Crippen MR) is 141 cm³/mol. The largest absolute Gasteiger partial charge is 0.434 e. The molecule has 4 aromatic rings. The second-order valence-corrected chi connectivity index (χ2v) is 10.6. The van der Waals surface area contributed by atoms with Crippen molar-refractivity contribution in [3.63, 3.8) is 0 Å². The lowest BCUT2D eigenvalue weighted by Gasteiger charge is -2.18. The zero-order valence-electron chi connectivity index (χ0n) is 21.9. The minimum Gasteiger partial charge on any atom is -0.434 e. The Hall–Kier alpha value is -4.10. The van der Waals surface area contributed by atoms with E-state index in [1.807, 2.05) is 12.1 Å². The third kappa shape index (κ3) is 5.27. The van der Waals surface area contributed by atoms with E-state index in [1.165, 1.54) is 4.68 Å². The minimum atomic E-state index is -2.99. The van der Waals surface area contributed by atoms with Crippen LogP contribution in [0.2, 0.25) is 0 Å². The Morgan fingerprint density at radius 2 is 1.90 bits per heavy atom. The maximum absolute atomic E-state index is 13.3. The van der Waals surface area contributed by atoms with Crippen LogP contribution < -0.4 is 10.3 Å². The molecular weight excluding hydrogens is 504 g/mol. The average Bonchev–Trinajstić information content (AvgIpc) is 3.48. The number of aromatic nitrogens is 4. The Bertz CT molecular complexity index is 1610. The van der Waals surface area contributed by atoms with Gasteiger partial charge in [-0.3, -0.25) is 14.2 Å². The summed E-state index contributed by atoms with van der Waals surface area (Å²) in [4.78, 5) is 21.6. The Morgan fingerprint density at radius 1 is 1.15 bits per heavy atom. The van der Waals surface area contributed by atoms with Crippen LogP contribution in [-0.4, -0.2) is 31.0 Å². The Balaban J connectivity index is 1.56. The normalized spacial score (nSPS) is 17.6. The topological polar surface area (TPSA) is 106 Å². The van der Waals surface area contributed by atoms with Crippen LogP contribution in [0.5, 0.6) is 5.75 Å². The summed E-state index contributed by atoms with van der Waals surface area (Å²) >= 11 is 0. The predicted octanol–water partition coefficient (Wildman–Crippen LogP) is 5.08. The van der Waals surface area contributed by atoms with Crippen molar-refractivity contribution in [1.29, 1.82) is 5.26 Å². The van der Waals surface area contributed by atoms with Gasteiger partial charge in [0.25, 0.3) is 5.56 Å². The van der Waals surface area contributed by atoms with Crippen molar-refractivity contribution >= 4 is 10.9 Å². The molecule has 5 rings (SSSR count). The highest BCUT2D eigenvalue weighted by Gasteiger charge is 2.27. The SMILES string of the molecule is Cn1c(=O)c2ccc(-c3cnc(C(C)(C)O)nc3)cc2n1Cc1cc([C@H]2CCC(C#N)C2)ccc1OC(F)F. The average molecular weight is 534 g/mol. The Labute approximate surface area is 224 Å². The standard InChI is InChI=1S/C29H29F2N5O3/c1-29(2,38)27-33-14-22(15-34-27)20-6-8-23-24(12-20)36(35(3)26(23)37)16-21-11-19(7-9-25(21)39-28(30)31)18-5-4-17(10-18)13-32/h6-9,11-12,14-15,17-18,28,38H,4-5,10,16H2,1-3H3/t17?,18-/m0/s1. The highest BCUT2D eigenvalue weighted by atomic mass is 19.3. The van der Waals surface area contributed by atoms with Crippen LogP contribution >= 0.6 is 0 Å². The molecule has 202 valence electrons. The van der Waals surface area contributed by atoms with Crippen molar-refractivity contribution in [1.82, 2.24) is 19.3 Å². The van der Waals surface area contributed by atoms with E-state index >= 15 is 0 Å². The van der Waals surface area contributed by atoms with Gasteiger partial charge < -0.3 is 9.84 Å². The first-order valence-corrected chi connectivity index (χ1v) is 12.8. The van der Waals surface area contributed by atoms with Gasteiger partial charge in [0.15, 0.2) is 5.82 Å². The number of benzene rings is 2. The highest BCUT2D eigenvalue weighted by molar-refractivity contribution is 5.84. The van der Waals surface area contributed by atoms with Gasteiger partial charge >= 0.3 is 6.61 Å². The van der Waals surface area contributed by atoms with E-state index < -0.39 is 12.2 Å². The van der Waals surface area contributed by atoms with Crippen molar-refractivity contribution in [2.24, 2.45) is 13.0 Å². The van der Waals surface area contributed by atoms with Gasteiger partial charge in [-0.1, -0.05) is 12.1 Å². The molecule has 0 bridgehead atoms. The summed E-state index contributed by atoms with van der Waals surface area (Å²) < 4.78 is 34.6. The van der Waals surface area contributed by atoms with Gasteiger partial charge in [-0.25, -0.2) is 9.97 Å². The van der Waals surface area contributed by atoms with Crippen molar-refractivity contribution < 1.29 is 18.6 Å². The summed E-state index contributed by atoms with van der Waals surface area (Å²) in [6.45, 7) is 0.336. The third-order valence-electron chi connectivity index (χ3n) is 7.40. The highest BCUT2D eigenvalue weighted by Crippen LogP contribution is 2.39. The molecule has 2 aromatic heterocycles. The maximum Gasteiger partial charge on any atom is 0.387 e. The fourth-order valence-corrected chi connectivity index (χ4v) is 5.29. The van der Waals surface area contributed by atoms with Crippen LogP contribution in [0, 0.1) is 17.2 Å².